The summed E-state index contributed by atoms with van der Waals surface area (Å²) >= 11 is 0. The first-order chi connectivity index (χ1) is 12.4. The molecule has 2 N–H and O–H groups in total. The average Bonchev–Trinajstić information content (AvgIpc) is 2.61. The van der Waals surface area contributed by atoms with Gasteiger partial charge in [0.15, 0.2) is 0 Å². The summed E-state index contributed by atoms with van der Waals surface area (Å²) in [6, 6.07) is 7.58. The lowest BCUT2D eigenvalue weighted by molar-refractivity contribution is -0.116. The van der Waals surface area contributed by atoms with E-state index < -0.39 is 17.5 Å². The summed E-state index contributed by atoms with van der Waals surface area (Å²) in [5.74, 6) is -1.85. The van der Waals surface area contributed by atoms with Crippen LogP contribution in [0.5, 0.6) is 11.5 Å². The van der Waals surface area contributed by atoms with Crippen LogP contribution in [0.2, 0.25) is 0 Å². The molecule has 6 nitrogen and oxygen atoms in total. The van der Waals surface area contributed by atoms with E-state index in [-0.39, 0.29) is 24.4 Å². The van der Waals surface area contributed by atoms with E-state index in [0.717, 1.165) is 12.1 Å². The highest BCUT2D eigenvalue weighted by atomic mass is 19.1. The molecule has 0 saturated carbocycles. The SMILES string of the molecule is COc1ccc(OC)c(NC(=O)CCNC(=O)c2ccc(F)cc2F)c1. The maximum Gasteiger partial charge on any atom is 0.254 e. The second-order valence-corrected chi connectivity index (χ2v) is 5.24. The van der Waals surface area contributed by atoms with Crippen molar-refractivity contribution in [3.8, 4) is 11.5 Å². The van der Waals surface area contributed by atoms with Crippen molar-refractivity contribution in [3.05, 3.63) is 53.6 Å². The highest BCUT2D eigenvalue weighted by molar-refractivity contribution is 5.96. The van der Waals surface area contributed by atoms with Gasteiger partial charge in [0.2, 0.25) is 5.91 Å². The first kappa shape index (κ1) is 19.2. The predicted octanol–water partition coefficient (Wildman–Crippen LogP) is 2.74. The van der Waals surface area contributed by atoms with Gasteiger partial charge in [-0.25, -0.2) is 8.78 Å². The quantitative estimate of drug-likeness (QED) is 0.792. The molecular formula is C18H18F2N2O4. The number of carbonyl (C=O) groups is 2. The van der Waals surface area contributed by atoms with Crippen molar-refractivity contribution in [2.24, 2.45) is 0 Å². The van der Waals surface area contributed by atoms with Crippen molar-refractivity contribution in [2.75, 3.05) is 26.1 Å². The first-order valence-electron chi connectivity index (χ1n) is 7.69. The van der Waals surface area contributed by atoms with Crippen molar-refractivity contribution in [1.29, 1.82) is 0 Å². The van der Waals surface area contributed by atoms with Gasteiger partial charge >= 0.3 is 0 Å². The Bertz CT molecular complexity index is 812. The van der Waals surface area contributed by atoms with E-state index in [4.69, 9.17) is 9.47 Å². The van der Waals surface area contributed by atoms with Crippen LogP contribution in [0.25, 0.3) is 0 Å². The van der Waals surface area contributed by atoms with Gasteiger partial charge in [0.05, 0.1) is 25.5 Å². The van der Waals surface area contributed by atoms with Crippen LogP contribution < -0.4 is 20.1 Å². The molecule has 2 aromatic rings. The molecule has 8 heteroatoms. The maximum atomic E-state index is 13.5. The molecule has 0 saturated heterocycles. The summed E-state index contributed by atoms with van der Waals surface area (Å²) in [6.45, 7) is -0.0201. The molecule has 138 valence electrons. The molecule has 0 spiro atoms. The summed E-state index contributed by atoms with van der Waals surface area (Å²) < 4.78 is 36.6. The molecule has 0 aliphatic carbocycles. The largest absolute Gasteiger partial charge is 0.497 e. The van der Waals surface area contributed by atoms with E-state index in [9.17, 15) is 18.4 Å². The van der Waals surface area contributed by atoms with Crippen molar-refractivity contribution >= 4 is 17.5 Å². The Morgan fingerprint density at radius 3 is 2.46 bits per heavy atom. The molecule has 0 bridgehead atoms. The topological polar surface area (TPSA) is 76.7 Å². The molecule has 0 heterocycles. The first-order valence-corrected chi connectivity index (χ1v) is 7.69. The lowest BCUT2D eigenvalue weighted by atomic mass is 10.2. The Morgan fingerprint density at radius 1 is 1.04 bits per heavy atom. The van der Waals surface area contributed by atoms with Gasteiger partial charge in [-0.2, -0.15) is 0 Å². The minimum atomic E-state index is -0.965. The number of halogens is 2. The zero-order valence-corrected chi connectivity index (χ0v) is 14.3. The van der Waals surface area contributed by atoms with Crippen LogP contribution in [0.1, 0.15) is 16.8 Å². The Labute approximate surface area is 149 Å². The third-order valence-corrected chi connectivity index (χ3v) is 3.49. The van der Waals surface area contributed by atoms with Gasteiger partial charge in [-0.05, 0) is 24.3 Å². The third-order valence-electron chi connectivity index (χ3n) is 3.49. The second kappa shape index (κ2) is 8.80. The van der Waals surface area contributed by atoms with Gasteiger partial charge < -0.3 is 20.1 Å². The Morgan fingerprint density at radius 2 is 1.81 bits per heavy atom. The second-order valence-electron chi connectivity index (χ2n) is 5.24. The van der Waals surface area contributed by atoms with Crippen LogP contribution in [0.15, 0.2) is 36.4 Å². The van der Waals surface area contributed by atoms with Crippen LogP contribution in [-0.2, 0) is 4.79 Å². The molecule has 0 radical (unpaired) electrons. The van der Waals surface area contributed by atoms with E-state index in [1.54, 1.807) is 18.2 Å². The normalized spacial score (nSPS) is 10.2. The number of anilines is 1. The van der Waals surface area contributed by atoms with E-state index in [2.05, 4.69) is 10.6 Å². The number of methoxy groups -OCH3 is 2. The molecular weight excluding hydrogens is 346 g/mol. The van der Waals surface area contributed by atoms with Crippen molar-refractivity contribution in [3.63, 3.8) is 0 Å². The maximum absolute atomic E-state index is 13.5. The van der Waals surface area contributed by atoms with Gasteiger partial charge in [-0.3, -0.25) is 9.59 Å². The highest BCUT2D eigenvalue weighted by Crippen LogP contribution is 2.28. The molecule has 0 aromatic heterocycles. The minimum absolute atomic E-state index is 0.0201. The van der Waals surface area contributed by atoms with Crippen LogP contribution in [-0.4, -0.2) is 32.6 Å². The molecule has 0 aliphatic rings. The van der Waals surface area contributed by atoms with Crippen molar-refractivity contribution in [2.45, 2.75) is 6.42 Å². The number of rotatable bonds is 7. The van der Waals surface area contributed by atoms with E-state index >= 15 is 0 Å². The zero-order valence-electron chi connectivity index (χ0n) is 14.3. The van der Waals surface area contributed by atoms with Gasteiger partial charge in [0, 0.05) is 25.1 Å². The number of amides is 2. The van der Waals surface area contributed by atoms with Gasteiger partial charge in [-0.1, -0.05) is 0 Å². The Kier molecular flexibility index (Phi) is 6.48. The summed E-state index contributed by atoms with van der Waals surface area (Å²) in [6.07, 6.45) is -0.0467. The fourth-order valence-corrected chi connectivity index (χ4v) is 2.18. The van der Waals surface area contributed by atoms with Gasteiger partial charge in [-0.15, -0.1) is 0 Å². The van der Waals surface area contributed by atoms with Crippen LogP contribution in [0.4, 0.5) is 14.5 Å². The monoisotopic (exact) mass is 364 g/mol. The molecule has 2 aromatic carbocycles. The molecule has 2 amide bonds. The van der Waals surface area contributed by atoms with Crippen LogP contribution in [0, 0.1) is 11.6 Å². The smallest absolute Gasteiger partial charge is 0.254 e. The van der Waals surface area contributed by atoms with Gasteiger partial charge in [0.25, 0.3) is 5.91 Å². The molecule has 2 rings (SSSR count). The summed E-state index contributed by atoms with van der Waals surface area (Å²) in [5, 5.41) is 5.06. The molecule has 0 fully saturated rings. The number of hydrogen-bond donors (Lipinski definition) is 2. The van der Waals surface area contributed by atoms with Crippen LogP contribution >= 0.6 is 0 Å². The predicted molar refractivity (Wildman–Crippen MR) is 91.5 cm³/mol. The fourth-order valence-electron chi connectivity index (χ4n) is 2.18. The average molecular weight is 364 g/mol. The minimum Gasteiger partial charge on any atom is -0.497 e. The lowest BCUT2D eigenvalue weighted by Gasteiger charge is -2.12. The lowest BCUT2D eigenvalue weighted by Crippen LogP contribution is -2.28. The van der Waals surface area contributed by atoms with E-state index in [1.165, 1.54) is 14.2 Å². The standard InChI is InChI=1S/C18H18F2N2O4/c1-25-12-4-6-16(26-2)15(10-12)22-17(23)7-8-21-18(24)13-5-3-11(19)9-14(13)20/h3-6,9-10H,7-8H2,1-2H3,(H,21,24)(H,22,23). The number of ether oxygens (including phenoxy) is 2. The number of hydrogen-bond acceptors (Lipinski definition) is 4. The molecule has 0 atom stereocenters. The number of benzene rings is 2. The van der Waals surface area contributed by atoms with E-state index in [1.807, 2.05) is 0 Å². The zero-order chi connectivity index (χ0) is 19.1. The fraction of sp³-hybridized carbons (Fsp3) is 0.222. The summed E-state index contributed by atoms with van der Waals surface area (Å²) in [4.78, 5) is 23.9. The molecule has 0 aliphatic heterocycles. The number of carbonyl (C=O) groups excluding carboxylic acids is 2. The Hall–Kier alpha value is -3.16. The van der Waals surface area contributed by atoms with Crippen molar-refractivity contribution in [1.82, 2.24) is 5.32 Å². The Balaban J connectivity index is 1.90. The highest BCUT2D eigenvalue weighted by Gasteiger charge is 2.13. The van der Waals surface area contributed by atoms with E-state index in [0.29, 0.717) is 23.3 Å². The van der Waals surface area contributed by atoms with Crippen molar-refractivity contribution < 1.29 is 27.8 Å². The summed E-state index contributed by atoms with van der Waals surface area (Å²) in [7, 11) is 2.96. The van der Waals surface area contributed by atoms with Gasteiger partial charge in [0.1, 0.15) is 23.1 Å². The third kappa shape index (κ3) is 4.92. The molecule has 0 unspecified atom stereocenters. The summed E-state index contributed by atoms with van der Waals surface area (Å²) in [5.41, 5.74) is 0.133. The van der Waals surface area contributed by atoms with Crippen LogP contribution in [0.3, 0.4) is 0 Å². The number of nitrogens with one attached hydrogen (secondary N) is 2. The molecule has 26 heavy (non-hydrogen) atoms.